The number of carbonyl (C=O) groups is 2. The van der Waals surface area contributed by atoms with Crippen molar-refractivity contribution in [3.63, 3.8) is 0 Å². The van der Waals surface area contributed by atoms with E-state index in [0.717, 1.165) is 36.3 Å². The number of carbonyl (C=O) groups excluding carboxylic acids is 1. The van der Waals surface area contributed by atoms with Crippen LogP contribution in [0.5, 0.6) is 0 Å². The monoisotopic (exact) mass is 511 g/mol. The van der Waals surface area contributed by atoms with Gasteiger partial charge in [-0.2, -0.15) is 4.99 Å². The molecule has 3 aliphatic rings. The Morgan fingerprint density at radius 1 is 1.05 bits per heavy atom. The fourth-order valence-electron chi connectivity index (χ4n) is 5.14. The molecule has 0 bridgehead atoms. The van der Waals surface area contributed by atoms with Gasteiger partial charge in [0.25, 0.3) is 5.91 Å². The third-order valence-corrected chi connectivity index (χ3v) is 7.11. The molecule has 5 rings (SSSR count). The first kappa shape index (κ1) is 24.8. The summed E-state index contributed by atoms with van der Waals surface area (Å²) in [4.78, 5) is 30.7. The number of quaternary nitrogens is 1. The zero-order chi connectivity index (χ0) is 26.1. The SMILES string of the molecule is O=C(O)CC1CCC(c2ccc(N3C=CC4=NC(C(=O)Nc5cc(F)c(F)c(F)c5)=C[NH+]4C3)cc2)CC1. The van der Waals surface area contributed by atoms with E-state index in [1.54, 1.807) is 12.3 Å². The van der Waals surface area contributed by atoms with Gasteiger partial charge in [0.1, 0.15) is 6.20 Å². The van der Waals surface area contributed by atoms with Crippen LogP contribution in [0.25, 0.3) is 0 Å². The van der Waals surface area contributed by atoms with Crippen molar-refractivity contribution in [3.8, 4) is 0 Å². The summed E-state index contributed by atoms with van der Waals surface area (Å²) in [7, 11) is 0. The van der Waals surface area contributed by atoms with Crippen molar-refractivity contribution >= 4 is 29.1 Å². The number of aliphatic imine (C=N–C) groups is 1. The van der Waals surface area contributed by atoms with Crippen molar-refractivity contribution in [2.24, 2.45) is 10.9 Å². The van der Waals surface area contributed by atoms with Gasteiger partial charge in [0.2, 0.25) is 5.84 Å². The zero-order valence-electron chi connectivity index (χ0n) is 19.9. The van der Waals surface area contributed by atoms with E-state index in [1.165, 1.54) is 5.56 Å². The van der Waals surface area contributed by atoms with Crippen LogP contribution in [-0.2, 0) is 9.59 Å². The molecule has 2 aliphatic heterocycles. The maximum absolute atomic E-state index is 13.5. The van der Waals surface area contributed by atoms with Gasteiger partial charge in [-0.25, -0.2) is 18.1 Å². The smallest absolute Gasteiger partial charge is 0.303 e. The lowest BCUT2D eigenvalue weighted by Crippen LogP contribution is -3.11. The van der Waals surface area contributed by atoms with E-state index in [0.29, 0.717) is 30.6 Å². The van der Waals surface area contributed by atoms with Gasteiger partial charge in [0, 0.05) is 42.2 Å². The van der Waals surface area contributed by atoms with Gasteiger partial charge in [0.15, 0.2) is 29.8 Å². The predicted octanol–water partition coefficient (Wildman–Crippen LogP) is 3.92. The van der Waals surface area contributed by atoms with Gasteiger partial charge in [-0.15, -0.1) is 0 Å². The number of rotatable bonds is 6. The first-order valence-corrected chi connectivity index (χ1v) is 12.2. The molecular formula is C27H26F3N4O3+. The van der Waals surface area contributed by atoms with Gasteiger partial charge >= 0.3 is 5.97 Å². The lowest BCUT2D eigenvalue weighted by Gasteiger charge is -2.29. The van der Waals surface area contributed by atoms with E-state index >= 15 is 0 Å². The van der Waals surface area contributed by atoms with E-state index in [-0.39, 0.29) is 23.7 Å². The van der Waals surface area contributed by atoms with Crippen LogP contribution >= 0.6 is 0 Å². The number of hydrogen-bond donors (Lipinski definition) is 3. The number of nitrogens with one attached hydrogen (secondary N) is 2. The molecule has 10 heteroatoms. The number of hydrogen-bond acceptors (Lipinski definition) is 4. The number of amidine groups is 1. The number of nitrogens with zero attached hydrogens (tertiary/aromatic N) is 2. The molecule has 3 N–H and O–H groups in total. The minimum absolute atomic E-state index is 0.0930. The van der Waals surface area contributed by atoms with Gasteiger partial charge in [-0.3, -0.25) is 14.5 Å². The summed E-state index contributed by atoms with van der Waals surface area (Å²) < 4.78 is 40.1. The summed E-state index contributed by atoms with van der Waals surface area (Å²) in [5.74, 6) is -4.41. The number of fused-ring (bicyclic) bond motifs is 1. The minimum Gasteiger partial charge on any atom is -0.481 e. The number of aliphatic carboxylic acids is 1. The highest BCUT2D eigenvalue weighted by Crippen LogP contribution is 2.37. The van der Waals surface area contributed by atoms with Crippen LogP contribution < -0.4 is 15.1 Å². The minimum atomic E-state index is -1.60. The van der Waals surface area contributed by atoms with E-state index in [2.05, 4.69) is 34.6 Å². The largest absolute Gasteiger partial charge is 0.481 e. The lowest BCUT2D eigenvalue weighted by molar-refractivity contribution is -0.742. The van der Waals surface area contributed by atoms with E-state index in [9.17, 15) is 22.8 Å². The Morgan fingerprint density at radius 2 is 1.73 bits per heavy atom. The third-order valence-electron chi connectivity index (χ3n) is 7.11. The normalized spacial score (nSPS) is 22.8. The number of benzene rings is 2. The molecule has 1 saturated carbocycles. The molecular weight excluding hydrogens is 485 g/mol. The van der Waals surface area contributed by atoms with Crippen molar-refractivity contribution in [1.29, 1.82) is 0 Å². The molecule has 0 spiro atoms. The van der Waals surface area contributed by atoms with E-state index in [4.69, 9.17) is 5.11 Å². The number of carboxylic acids is 1. The van der Waals surface area contributed by atoms with E-state index < -0.39 is 29.3 Å². The molecule has 2 heterocycles. The number of carboxylic acid groups (broad SMARTS) is 1. The Bertz CT molecular complexity index is 1290. The maximum atomic E-state index is 13.5. The Labute approximate surface area is 211 Å². The van der Waals surface area contributed by atoms with Crippen LogP contribution in [0.1, 0.15) is 43.6 Å². The molecule has 1 unspecified atom stereocenters. The number of anilines is 2. The first-order chi connectivity index (χ1) is 17.8. The summed E-state index contributed by atoms with van der Waals surface area (Å²) in [6.45, 7) is 0.492. The molecule has 7 nitrogen and oxygen atoms in total. The molecule has 37 heavy (non-hydrogen) atoms. The lowest BCUT2D eigenvalue weighted by atomic mass is 9.77. The van der Waals surface area contributed by atoms with Crippen LogP contribution in [-0.4, -0.2) is 29.5 Å². The average molecular weight is 512 g/mol. The van der Waals surface area contributed by atoms with Gasteiger partial charge in [-0.05, 0) is 55.2 Å². The summed E-state index contributed by atoms with van der Waals surface area (Å²) >= 11 is 0. The maximum Gasteiger partial charge on any atom is 0.303 e. The highest BCUT2D eigenvalue weighted by molar-refractivity contribution is 6.06. The van der Waals surface area contributed by atoms with Crippen LogP contribution in [0.4, 0.5) is 24.5 Å². The Hall–Kier alpha value is -3.92. The number of halogens is 3. The fourth-order valence-corrected chi connectivity index (χ4v) is 5.14. The third kappa shape index (κ3) is 5.43. The second-order valence-corrected chi connectivity index (χ2v) is 9.61. The molecule has 0 radical (unpaired) electrons. The highest BCUT2D eigenvalue weighted by atomic mass is 19.2. The second kappa shape index (κ2) is 10.2. The van der Waals surface area contributed by atoms with Gasteiger partial charge in [-0.1, -0.05) is 12.1 Å². The molecule has 1 amide bonds. The molecule has 1 aliphatic carbocycles. The Morgan fingerprint density at radius 3 is 2.38 bits per heavy atom. The molecule has 2 aromatic rings. The molecule has 192 valence electrons. The fraction of sp³-hybridized carbons (Fsp3) is 0.296. The molecule has 1 atom stereocenters. The Balaban J connectivity index is 1.20. The van der Waals surface area contributed by atoms with Crippen molar-refractivity contribution in [2.75, 3.05) is 16.9 Å². The van der Waals surface area contributed by atoms with Crippen LogP contribution in [0.15, 0.2) is 65.6 Å². The van der Waals surface area contributed by atoms with Gasteiger partial charge < -0.3 is 10.4 Å². The number of amides is 1. The van der Waals surface area contributed by atoms with Crippen molar-refractivity contribution in [2.45, 2.75) is 38.0 Å². The van der Waals surface area contributed by atoms with Crippen LogP contribution in [0, 0.1) is 23.4 Å². The quantitative estimate of drug-likeness (QED) is 0.514. The standard InChI is InChI=1S/C27H25F3N4O3/c28-21-12-19(13-22(29)26(21)30)31-27(37)23-14-34-15-33(10-9-24(34)32-23)20-7-5-18(6-8-20)17-3-1-16(2-4-17)11-25(35)36/h5-10,12-14,16-17H,1-4,11,15H2,(H,31,37)(H,35,36)/p+1. The molecule has 2 aromatic carbocycles. The van der Waals surface area contributed by atoms with Gasteiger partial charge in [0.05, 0.1) is 0 Å². The van der Waals surface area contributed by atoms with Crippen molar-refractivity contribution < 1.29 is 32.8 Å². The molecule has 1 fully saturated rings. The van der Waals surface area contributed by atoms with Crippen LogP contribution in [0.2, 0.25) is 0 Å². The first-order valence-electron chi connectivity index (χ1n) is 12.2. The average Bonchev–Trinajstić information content (AvgIpc) is 3.31. The summed E-state index contributed by atoms with van der Waals surface area (Å²) in [6, 6.07) is 9.76. The second-order valence-electron chi connectivity index (χ2n) is 9.61. The predicted molar refractivity (Wildman–Crippen MR) is 131 cm³/mol. The Kier molecular flexibility index (Phi) is 6.84. The van der Waals surface area contributed by atoms with E-state index in [1.807, 2.05) is 11.1 Å². The summed E-state index contributed by atoms with van der Waals surface area (Å²) in [6.07, 6.45) is 9.40. The topological polar surface area (TPSA) is 86.4 Å². The molecule has 0 saturated heterocycles. The zero-order valence-corrected chi connectivity index (χ0v) is 19.9. The highest BCUT2D eigenvalue weighted by Gasteiger charge is 2.31. The van der Waals surface area contributed by atoms with Crippen molar-refractivity contribution in [3.05, 3.63) is 83.6 Å². The van der Waals surface area contributed by atoms with Crippen LogP contribution in [0.3, 0.4) is 0 Å². The summed E-state index contributed by atoms with van der Waals surface area (Å²) in [5, 5.41) is 11.4. The van der Waals surface area contributed by atoms with Crippen molar-refractivity contribution in [1.82, 2.24) is 0 Å². The molecule has 0 aromatic heterocycles. The summed E-state index contributed by atoms with van der Waals surface area (Å²) in [5.41, 5.74) is 2.13.